The Labute approximate surface area is 80.5 Å². The Kier molecular flexibility index (Phi) is 1.90. The molecule has 3 aliphatic rings. The highest BCUT2D eigenvalue weighted by Gasteiger charge is 2.42. The van der Waals surface area contributed by atoms with E-state index >= 15 is 0 Å². The summed E-state index contributed by atoms with van der Waals surface area (Å²) in [4.78, 5) is 0. The van der Waals surface area contributed by atoms with Gasteiger partial charge in [-0.05, 0) is 62.2 Å². The first-order valence-electron chi connectivity index (χ1n) is 5.98. The summed E-state index contributed by atoms with van der Waals surface area (Å²) < 4.78 is 0. The van der Waals surface area contributed by atoms with E-state index < -0.39 is 0 Å². The lowest BCUT2D eigenvalue weighted by Crippen LogP contribution is -2.29. The minimum Gasteiger partial charge on any atom is -0.233 e. The van der Waals surface area contributed by atoms with Gasteiger partial charge in [-0.1, -0.05) is 6.42 Å². The van der Waals surface area contributed by atoms with Gasteiger partial charge in [-0.2, -0.15) is 0 Å². The number of hydrogen-bond acceptors (Lipinski definition) is 0. The van der Waals surface area contributed by atoms with Gasteiger partial charge in [0.05, 0.1) is 6.10 Å². The van der Waals surface area contributed by atoms with Crippen molar-refractivity contribution in [1.82, 2.24) is 0 Å². The van der Waals surface area contributed by atoms with Crippen LogP contribution in [0.2, 0.25) is 0 Å². The first-order chi connectivity index (χ1) is 6.33. The molecular formula is C12H19O. The van der Waals surface area contributed by atoms with E-state index in [9.17, 15) is 5.11 Å². The van der Waals surface area contributed by atoms with Gasteiger partial charge in [0.2, 0.25) is 0 Å². The molecule has 1 heteroatoms. The topological polar surface area (TPSA) is 19.9 Å². The van der Waals surface area contributed by atoms with Crippen molar-refractivity contribution >= 4 is 0 Å². The van der Waals surface area contributed by atoms with Gasteiger partial charge in [0.15, 0.2) is 0 Å². The summed E-state index contributed by atoms with van der Waals surface area (Å²) in [6, 6.07) is 0. The standard InChI is InChI=1S/C12H19O/c13-12-6-8-1-2-9-3-4-10(12)7-11(9)5-8/h8-12H,1-7H2. The van der Waals surface area contributed by atoms with E-state index in [1.54, 1.807) is 0 Å². The highest BCUT2D eigenvalue weighted by atomic mass is 16.3. The maximum absolute atomic E-state index is 11.9. The second-order valence-electron chi connectivity index (χ2n) is 5.55. The fourth-order valence-corrected chi connectivity index (χ4v) is 4.10. The van der Waals surface area contributed by atoms with Gasteiger partial charge in [0.25, 0.3) is 0 Å². The third kappa shape index (κ3) is 1.32. The Balaban J connectivity index is 1.87. The van der Waals surface area contributed by atoms with Gasteiger partial charge in [-0.3, -0.25) is 0 Å². The minimum atomic E-state index is -0.200. The Morgan fingerprint density at radius 1 is 0.692 bits per heavy atom. The fourth-order valence-electron chi connectivity index (χ4n) is 4.10. The first kappa shape index (κ1) is 8.28. The molecule has 0 saturated heterocycles. The number of hydrogen-bond donors (Lipinski definition) is 0. The third-order valence-corrected chi connectivity index (χ3v) is 4.85. The molecule has 0 amide bonds. The lowest BCUT2D eigenvalue weighted by atomic mass is 9.67. The van der Waals surface area contributed by atoms with Crippen LogP contribution in [0.25, 0.3) is 0 Å². The van der Waals surface area contributed by atoms with Crippen molar-refractivity contribution in [3.63, 3.8) is 0 Å². The van der Waals surface area contributed by atoms with Crippen LogP contribution in [-0.2, 0) is 5.11 Å². The predicted octanol–water partition coefficient (Wildman–Crippen LogP) is 3.02. The van der Waals surface area contributed by atoms with E-state index in [2.05, 4.69) is 0 Å². The normalized spacial score (nSPS) is 54.7. The second kappa shape index (κ2) is 2.98. The van der Waals surface area contributed by atoms with Gasteiger partial charge in [0, 0.05) is 0 Å². The van der Waals surface area contributed by atoms with E-state index in [0.29, 0.717) is 5.92 Å². The average molecular weight is 179 g/mol. The van der Waals surface area contributed by atoms with Gasteiger partial charge in [-0.25, -0.2) is 5.11 Å². The van der Waals surface area contributed by atoms with Gasteiger partial charge in [0.1, 0.15) is 0 Å². The molecule has 3 bridgehead atoms. The van der Waals surface area contributed by atoms with E-state index in [4.69, 9.17) is 0 Å². The van der Waals surface area contributed by atoms with Gasteiger partial charge in [-0.15, -0.1) is 0 Å². The molecule has 0 aliphatic heterocycles. The van der Waals surface area contributed by atoms with Crippen molar-refractivity contribution in [2.24, 2.45) is 23.7 Å². The molecule has 0 aromatic carbocycles. The second-order valence-corrected chi connectivity index (χ2v) is 5.55. The predicted molar refractivity (Wildman–Crippen MR) is 50.8 cm³/mol. The molecule has 1 nitrogen and oxygen atoms in total. The highest BCUT2D eigenvalue weighted by molar-refractivity contribution is 4.92. The largest absolute Gasteiger partial charge is 0.233 e. The Hall–Kier alpha value is -0.0400. The molecule has 0 aromatic heterocycles. The van der Waals surface area contributed by atoms with Crippen LogP contribution in [0.1, 0.15) is 44.9 Å². The summed E-state index contributed by atoms with van der Waals surface area (Å²) in [5.41, 5.74) is 0. The van der Waals surface area contributed by atoms with Crippen LogP contribution in [-0.4, -0.2) is 6.10 Å². The number of rotatable bonds is 0. The van der Waals surface area contributed by atoms with Gasteiger partial charge >= 0.3 is 0 Å². The fraction of sp³-hybridized carbons (Fsp3) is 1.00. The smallest absolute Gasteiger partial charge is 0.0960 e. The van der Waals surface area contributed by atoms with E-state index in [1.165, 1.54) is 38.5 Å². The summed E-state index contributed by atoms with van der Waals surface area (Å²) in [7, 11) is 0. The molecule has 0 N–H and O–H groups in total. The molecule has 5 unspecified atom stereocenters. The van der Waals surface area contributed by atoms with Crippen LogP contribution < -0.4 is 0 Å². The molecule has 5 atom stereocenters. The van der Waals surface area contributed by atoms with E-state index in [0.717, 1.165) is 24.2 Å². The van der Waals surface area contributed by atoms with Crippen LogP contribution in [0.15, 0.2) is 0 Å². The molecule has 0 heterocycles. The van der Waals surface area contributed by atoms with Crippen LogP contribution >= 0.6 is 0 Å². The summed E-state index contributed by atoms with van der Waals surface area (Å²) >= 11 is 0. The molecule has 3 fully saturated rings. The Bertz CT molecular complexity index is 199. The third-order valence-electron chi connectivity index (χ3n) is 4.85. The summed E-state index contributed by atoms with van der Waals surface area (Å²) in [5, 5.41) is 11.9. The minimum absolute atomic E-state index is 0.200. The Morgan fingerprint density at radius 2 is 1.46 bits per heavy atom. The molecular weight excluding hydrogens is 160 g/mol. The van der Waals surface area contributed by atoms with Crippen LogP contribution in [0.5, 0.6) is 0 Å². The zero-order chi connectivity index (χ0) is 8.84. The summed E-state index contributed by atoms with van der Waals surface area (Å²) in [5.74, 6) is 3.34. The van der Waals surface area contributed by atoms with Crippen LogP contribution in [0, 0.1) is 23.7 Å². The van der Waals surface area contributed by atoms with Crippen molar-refractivity contribution in [2.75, 3.05) is 0 Å². The molecule has 13 heavy (non-hydrogen) atoms. The summed E-state index contributed by atoms with van der Waals surface area (Å²) in [6.07, 6.45) is 8.93. The van der Waals surface area contributed by atoms with E-state index in [1.807, 2.05) is 0 Å². The molecule has 3 rings (SSSR count). The first-order valence-corrected chi connectivity index (χ1v) is 5.98. The van der Waals surface area contributed by atoms with Crippen molar-refractivity contribution in [2.45, 2.75) is 51.0 Å². The Morgan fingerprint density at radius 3 is 2.38 bits per heavy atom. The molecule has 0 aromatic rings. The maximum Gasteiger partial charge on any atom is 0.0960 e. The monoisotopic (exact) mass is 179 g/mol. The van der Waals surface area contributed by atoms with Crippen molar-refractivity contribution in [3.05, 3.63) is 0 Å². The quantitative estimate of drug-likeness (QED) is 0.544. The van der Waals surface area contributed by atoms with Crippen molar-refractivity contribution in [3.8, 4) is 0 Å². The van der Waals surface area contributed by atoms with E-state index in [-0.39, 0.29) is 6.10 Å². The average Bonchev–Trinajstić information content (AvgIpc) is 2.22. The number of fused-ring (bicyclic) bond motifs is 2. The molecule has 1 radical (unpaired) electrons. The van der Waals surface area contributed by atoms with Crippen LogP contribution in [0.4, 0.5) is 0 Å². The zero-order valence-corrected chi connectivity index (χ0v) is 8.24. The maximum atomic E-state index is 11.9. The van der Waals surface area contributed by atoms with Gasteiger partial charge < -0.3 is 0 Å². The van der Waals surface area contributed by atoms with Crippen LogP contribution in [0.3, 0.4) is 0 Å². The lowest BCUT2D eigenvalue weighted by molar-refractivity contribution is 0.0101. The highest BCUT2D eigenvalue weighted by Crippen LogP contribution is 2.50. The molecule has 0 spiro atoms. The van der Waals surface area contributed by atoms with Crippen molar-refractivity contribution in [1.29, 1.82) is 0 Å². The lowest BCUT2D eigenvalue weighted by Gasteiger charge is -2.38. The molecule has 73 valence electrons. The SMILES string of the molecule is [O]C1CC2CCC3CCC1CC3C2. The zero-order valence-electron chi connectivity index (χ0n) is 8.24. The molecule has 3 aliphatic carbocycles. The summed E-state index contributed by atoms with van der Waals surface area (Å²) in [6.45, 7) is 0. The van der Waals surface area contributed by atoms with Crippen molar-refractivity contribution < 1.29 is 5.11 Å². The molecule has 3 saturated carbocycles.